The molecule has 1 N–H and O–H groups in total. The van der Waals surface area contributed by atoms with Crippen molar-refractivity contribution in [2.75, 3.05) is 22.9 Å². The van der Waals surface area contributed by atoms with Crippen LogP contribution >= 0.6 is 23.8 Å². The van der Waals surface area contributed by atoms with Crippen molar-refractivity contribution in [2.45, 2.75) is 63.6 Å². The lowest BCUT2D eigenvalue weighted by atomic mass is 9.98. The minimum atomic E-state index is -0.0456. The third-order valence-electron chi connectivity index (χ3n) is 8.26. The molecule has 4 heterocycles. The molecule has 5 nitrogen and oxygen atoms in total. The van der Waals surface area contributed by atoms with E-state index in [4.69, 9.17) is 28.8 Å². The van der Waals surface area contributed by atoms with Crippen LogP contribution in [0.3, 0.4) is 0 Å². The van der Waals surface area contributed by atoms with Crippen LogP contribution in [0.4, 0.5) is 11.4 Å². The van der Waals surface area contributed by atoms with Gasteiger partial charge in [-0.15, -0.1) is 0 Å². The molecule has 188 valence electrons. The van der Waals surface area contributed by atoms with E-state index in [2.05, 4.69) is 69.2 Å². The van der Waals surface area contributed by atoms with Crippen LogP contribution in [0.5, 0.6) is 0 Å². The Balaban J connectivity index is 1.39. The standard InChI is InChI=1S/C29H34ClN5S/c1-20-13-17-33(18-14-20)25-12-11-22(19-23(25)30)35-28(26-10-6-16-34(26)21-7-2-3-8-21)27(32-29(35)36)24-9-4-5-15-31-24/h4-6,9-12,15-16,19-21,27-28H,2-3,7-8,13-14,17-18H2,1H3,(H,32,36)/t27-,28+/m1/s1. The van der Waals surface area contributed by atoms with Crippen LogP contribution in [0.1, 0.15) is 75.0 Å². The minimum Gasteiger partial charge on any atom is -0.370 e. The zero-order chi connectivity index (χ0) is 24.6. The van der Waals surface area contributed by atoms with E-state index < -0.39 is 0 Å². The highest BCUT2D eigenvalue weighted by atomic mass is 35.5. The van der Waals surface area contributed by atoms with Gasteiger partial charge < -0.3 is 19.7 Å². The van der Waals surface area contributed by atoms with Gasteiger partial charge in [-0.2, -0.15) is 0 Å². The number of thiocarbonyl (C=S) groups is 1. The van der Waals surface area contributed by atoms with Gasteiger partial charge in [-0.3, -0.25) is 4.98 Å². The number of nitrogens with zero attached hydrogens (tertiary/aromatic N) is 4. The van der Waals surface area contributed by atoms with Crippen molar-refractivity contribution < 1.29 is 0 Å². The molecule has 2 aliphatic heterocycles. The second-order valence-corrected chi connectivity index (χ2v) is 11.4. The Morgan fingerprint density at radius 3 is 2.53 bits per heavy atom. The monoisotopic (exact) mass is 519 g/mol. The van der Waals surface area contributed by atoms with E-state index in [-0.39, 0.29) is 12.1 Å². The molecule has 0 spiro atoms. The first kappa shape index (κ1) is 23.8. The van der Waals surface area contributed by atoms with Crippen molar-refractivity contribution in [1.82, 2.24) is 14.9 Å². The highest BCUT2D eigenvalue weighted by Crippen LogP contribution is 2.45. The average molecular weight is 520 g/mol. The second-order valence-electron chi connectivity index (χ2n) is 10.6. The number of hydrogen-bond acceptors (Lipinski definition) is 3. The highest BCUT2D eigenvalue weighted by molar-refractivity contribution is 7.80. The molecule has 0 amide bonds. The summed E-state index contributed by atoms with van der Waals surface area (Å²) in [7, 11) is 0. The largest absolute Gasteiger partial charge is 0.370 e. The number of nitrogens with one attached hydrogen (secondary N) is 1. The van der Waals surface area contributed by atoms with Crippen LogP contribution in [0, 0.1) is 5.92 Å². The molecule has 1 saturated carbocycles. The molecule has 2 atom stereocenters. The molecule has 3 aromatic rings. The lowest BCUT2D eigenvalue weighted by molar-refractivity contribution is 0.438. The van der Waals surface area contributed by atoms with Gasteiger partial charge in [-0.05, 0) is 86.3 Å². The number of rotatable bonds is 5. The van der Waals surface area contributed by atoms with Gasteiger partial charge in [0.2, 0.25) is 0 Å². The van der Waals surface area contributed by atoms with Crippen LogP contribution in [0.15, 0.2) is 60.9 Å². The van der Waals surface area contributed by atoms with Crippen LogP contribution < -0.4 is 15.1 Å². The molecular weight excluding hydrogens is 486 g/mol. The van der Waals surface area contributed by atoms with E-state index in [9.17, 15) is 0 Å². The van der Waals surface area contributed by atoms with Crippen molar-refractivity contribution in [3.63, 3.8) is 0 Å². The summed E-state index contributed by atoms with van der Waals surface area (Å²) in [6.45, 7) is 4.45. The van der Waals surface area contributed by atoms with Crippen molar-refractivity contribution >= 4 is 40.3 Å². The molecule has 1 aromatic carbocycles. The fourth-order valence-corrected chi connectivity index (χ4v) is 6.90. The molecule has 3 fully saturated rings. The maximum absolute atomic E-state index is 6.94. The lowest BCUT2D eigenvalue weighted by Gasteiger charge is -2.34. The van der Waals surface area contributed by atoms with Crippen LogP contribution in [-0.2, 0) is 0 Å². The third kappa shape index (κ3) is 4.39. The lowest BCUT2D eigenvalue weighted by Crippen LogP contribution is -2.33. The summed E-state index contributed by atoms with van der Waals surface area (Å²) >= 11 is 12.9. The zero-order valence-corrected chi connectivity index (χ0v) is 22.4. The quantitative estimate of drug-likeness (QED) is 0.365. The minimum absolute atomic E-state index is 0.0132. The summed E-state index contributed by atoms with van der Waals surface area (Å²) in [5.41, 5.74) is 4.42. The third-order valence-corrected chi connectivity index (χ3v) is 8.88. The topological polar surface area (TPSA) is 36.3 Å². The Labute approximate surface area is 224 Å². The molecule has 36 heavy (non-hydrogen) atoms. The van der Waals surface area contributed by atoms with Crippen LogP contribution in [0.25, 0.3) is 0 Å². The molecule has 0 unspecified atom stereocenters. The fourth-order valence-electron chi connectivity index (χ4n) is 6.26. The van der Waals surface area contributed by atoms with Gasteiger partial charge in [0.05, 0.1) is 22.4 Å². The van der Waals surface area contributed by atoms with Gasteiger partial charge >= 0.3 is 0 Å². The summed E-state index contributed by atoms with van der Waals surface area (Å²) < 4.78 is 2.49. The molecule has 2 saturated heterocycles. The fraction of sp³-hybridized carbons (Fsp3) is 0.448. The predicted octanol–water partition coefficient (Wildman–Crippen LogP) is 7.07. The van der Waals surface area contributed by atoms with E-state index in [1.807, 2.05) is 18.3 Å². The molecular formula is C29H34ClN5S. The van der Waals surface area contributed by atoms with Gasteiger partial charge in [0.25, 0.3) is 0 Å². The van der Waals surface area contributed by atoms with E-state index in [0.29, 0.717) is 11.2 Å². The van der Waals surface area contributed by atoms with Crippen molar-refractivity contribution in [3.8, 4) is 0 Å². The molecule has 3 aliphatic rings. The smallest absolute Gasteiger partial charge is 0.174 e. The van der Waals surface area contributed by atoms with Crippen molar-refractivity contribution in [3.05, 3.63) is 77.3 Å². The van der Waals surface area contributed by atoms with Gasteiger partial charge in [0.1, 0.15) is 6.04 Å². The number of halogens is 1. The van der Waals surface area contributed by atoms with Crippen LogP contribution in [-0.4, -0.2) is 27.8 Å². The summed E-state index contributed by atoms with van der Waals surface area (Å²) in [5, 5.41) is 5.11. The Morgan fingerprint density at radius 2 is 1.81 bits per heavy atom. The summed E-state index contributed by atoms with van der Waals surface area (Å²) in [6, 6.07) is 17.5. The van der Waals surface area contributed by atoms with Gasteiger partial charge in [-0.25, -0.2) is 0 Å². The van der Waals surface area contributed by atoms with Gasteiger partial charge in [0, 0.05) is 42.9 Å². The average Bonchev–Trinajstić information content (AvgIpc) is 3.65. The maximum atomic E-state index is 6.94. The van der Waals surface area contributed by atoms with Crippen LogP contribution in [0.2, 0.25) is 5.02 Å². The molecule has 6 rings (SSSR count). The normalized spacial score (nSPS) is 23.4. The summed E-state index contributed by atoms with van der Waals surface area (Å²) in [5.74, 6) is 0.785. The summed E-state index contributed by atoms with van der Waals surface area (Å²) in [4.78, 5) is 9.39. The Morgan fingerprint density at radius 1 is 1.00 bits per heavy atom. The number of pyridine rings is 1. The second kappa shape index (κ2) is 10.1. The van der Waals surface area contributed by atoms with E-state index in [1.165, 1.54) is 44.2 Å². The molecule has 7 heteroatoms. The van der Waals surface area contributed by atoms with E-state index in [0.717, 1.165) is 41.1 Å². The number of anilines is 2. The highest BCUT2D eigenvalue weighted by Gasteiger charge is 2.42. The van der Waals surface area contributed by atoms with Crippen molar-refractivity contribution in [2.24, 2.45) is 5.92 Å². The van der Waals surface area contributed by atoms with E-state index >= 15 is 0 Å². The Kier molecular flexibility index (Phi) is 6.65. The molecule has 1 aliphatic carbocycles. The number of aromatic nitrogens is 2. The zero-order valence-electron chi connectivity index (χ0n) is 20.8. The SMILES string of the molecule is CC1CCN(c2ccc(N3C(=S)N[C@H](c4ccccn4)[C@@H]3c3cccn3C3CCCC3)cc2Cl)CC1. The molecule has 0 bridgehead atoms. The first-order valence-electron chi connectivity index (χ1n) is 13.3. The maximum Gasteiger partial charge on any atom is 0.174 e. The Hall–Kier alpha value is -2.57. The molecule has 0 radical (unpaired) electrons. The van der Waals surface area contributed by atoms with Gasteiger partial charge in [0.15, 0.2) is 5.11 Å². The number of benzene rings is 1. The first-order chi connectivity index (χ1) is 17.6. The molecule has 2 aromatic heterocycles. The summed E-state index contributed by atoms with van der Waals surface area (Å²) in [6.07, 6.45) is 11.6. The first-order valence-corrected chi connectivity index (χ1v) is 14.1. The van der Waals surface area contributed by atoms with E-state index in [1.54, 1.807) is 0 Å². The van der Waals surface area contributed by atoms with Gasteiger partial charge in [-0.1, -0.05) is 37.4 Å². The number of hydrogen-bond donors (Lipinski definition) is 1. The number of piperidine rings is 1. The predicted molar refractivity (Wildman–Crippen MR) is 152 cm³/mol. The Bertz CT molecular complexity index is 1210. The van der Waals surface area contributed by atoms with Crippen molar-refractivity contribution in [1.29, 1.82) is 0 Å².